The Morgan fingerprint density at radius 1 is 1.21 bits per heavy atom. The lowest BCUT2D eigenvalue weighted by molar-refractivity contribution is 0.401. The Kier molecular flexibility index (Phi) is 5.96. The molecule has 0 aromatic heterocycles. The van der Waals surface area contributed by atoms with Crippen LogP contribution >= 0.6 is 0 Å². The molecule has 6 heteroatoms. The van der Waals surface area contributed by atoms with Gasteiger partial charge in [-0.2, -0.15) is 5.26 Å². The van der Waals surface area contributed by atoms with Crippen LogP contribution in [-0.2, 0) is 10.0 Å². The van der Waals surface area contributed by atoms with Crippen molar-refractivity contribution in [2.45, 2.75) is 30.7 Å². The second kappa shape index (κ2) is 7.95. The highest BCUT2D eigenvalue weighted by Crippen LogP contribution is 2.27. The number of nitrogens with one attached hydrogen (secondary N) is 1. The van der Waals surface area contributed by atoms with Crippen LogP contribution in [0, 0.1) is 18.3 Å². The molecule has 0 radical (unpaired) electrons. The second-order valence-corrected chi connectivity index (χ2v) is 7.12. The maximum Gasteiger partial charge on any atom is 0.244 e. The van der Waals surface area contributed by atoms with Gasteiger partial charge >= 0.3 is 0 Å². The first kappa shape index (κ1) is 18.0. The molecule has 5 nitrogen and oxygen atoms in total. The van der Waals surface area contributed by atoms with E-state index in [9.17, 15) is 8.42 Å². The molecule has 0 aliphatic rings. The Morgan fingerprint density at radius 2 is 1.92 bits per heavy atom. The van der Waals surface area contributed by atoms with Crippen LogP contribution in [0.4, 0.5) is 0 Å². The SMILES string of the molecule is COc1ccc(C)cc1S(=O)(=O)NC(CCC#N)c1ccccc1. The Morgan fingerprint density at radius 3 is 2.54 bits per heavy atom. The van der Waals surface area contributed by atoms with Gasteiger partial charge in [0.05, 0.1) is 13.2 Å². The Balaban J connectivity index is 2.37. The van der Waals surface area contributed by atoms with Crippen molar-refractivity contribution in [1.29, 1.82) is 5.26 Å². The molecule has 0 aliphatic heterocycles. The first-order valence-corrected chi connectivity index (χ1v) is 9.05. The quantitative estimate of drug-likeness (QED) is 0.835. The summed E-state index contributed by atoms with van der Waals surface area (Å²) in [5.41, 5.74) is 1.65. The van der Waals surface area contributed by atoms with Gasteiger partial charge in [0, 0.05) is 12.5 Å². The summed E-state index contributed by atoms with van der Waals surface area (Å²) in [6.45, 7) is 1.82. The van der Waals surface area contributed by atoms with Crippen LogP contribution in [-0.4, -0.2) is 15.5 Å². The fraction of sp³-hybridized carbons (Fsp3) is 0.278. The summed E-state index contributed by atoms with van der Waals surface area (Å²) < 4.78 is 33.6. The Bertz CT molecular complexity index is 827. The molecular formula is C18H20N2O3S. The smallest absolute Gasteiger partial charge is 0.244 e. The zero-order valence-corrected chi connectivity index (χ0v) is 14.5. The van der Waals surface area contributed by atoms with Crippen molar-refractivity contribution in [3.63, 3.8) is 0 Å². The van der Waals surface area contributed by atoms with Crippen molar-refractivity contribution >= 4 is 10.0 Å². The maximum absolute atomic E-state index is 12.8. The topological polar surface area (TPSA) is 79.2 Å². The number of benzene rings is 2. The van der Waals surface area contributed by atoms with Gasteiger partial charge in [0.25, 0.3) is 0 Å². The fourth-order valence-corrected chi connectivity index (χ4v) is 3.95. The molecule has 0 spiro atoms. The summed E-state index contributed by atoms with van der Waals surface area (Å²) in [6, 6.07) is 15.8. The van der Waals surface area contributed by atoms with Crippen molar-refractivity contribution in [3.8, 4) is 11.8 Å². The average molecular weight is 344 g/mol. The van der Waals surface area contributed by atoms with Crippen molar-refractivity contribution < 1.29 is 13.2 Å². The fourth-order valence-electron chi connectivity index (χ4n) is 2.43. The number of hydrogen-bond donors (Lipinski definition) is 1. The summed E-state index contributed by atoms with van der Waals surface area (Å²) in [6.07, 6.45) is 0.654. The van der Waals surface area contributed by atoms with E-state index in [1.807, 2.05) is 37.3 Å². The molecule has 0 saturated heterocycles. The zero-order chi connectivity index (χ0) is 17.6. The average Bonchev–Trinajstić information content (AvgIpc) is 2.59. The van der Waals surface area contributed by atoms with Gasteiger partial charge in [0.15, 0.2) is 0 Å². The second-order valence-electron chi connectivity index (χ2n) is 5.44. The minimum atomic E-state index is -3.79. The van der Waals surface area contributed by atoms with E-state index in [1.165, 1.54) is 7.11 Å². The molecule has 0 bridgehead atoms. The van der Waals surface area contributed by atoms with Gasteiger partial charge in [0.2, 0.25) is 10.0 Å². The van der Waals surface area contributed by atoms with Crippen molar-refractivity contribution in [2.75, 3.05) is 7.11 Å². The molecule has 1 unspecified atom stereocenters. The predicted octanol–water partition coefficient (Wildman–Crippen LogP) is 3.33. The molecule has 0 aliphatic carbocycles. The number of nitriles is 1. The molecule has 126 valence electrons. The first-order valence-electron chi connectivity index (χ1n) is 7.57. The third-order valence-electron chi connectivity index (χ3n) is 3.65. The van der Waals surface area contributed by atoms with E-state index in [1.54, 1.807) is 18.2 Å². The van der Waals surface area contributed by atoms with E-state index in [2.05, 4.69) is 10.8 Å². The standard InChI is InChI=1S/C18H20N2O3S/c1-14-10-11-17(23-2)18(13-14)24(21,22)20-16(9-6-12-19)15-7-4-3-5-8-15/h3-5,7-8,10-11,13,16,20H,6,9H2,1-2H3. The largest absolute Gasteiger partial charge is 0.495 e. The molecule has 1 atom stereocenters. The lowest BCUT2D eigenvalue weighted by atomic mass is 10.0. The molecule has 2 aromatic rings. The molecule has 2 aromatic carbocycles. The monoisotopic (exact) mass is 344 g/mol. The number of methoxy groups -OCH3 is 1. The highest BCUT2D eigenvalue weighted by molar-refractivity contribution is 7.89. The van der Waals surface area contributed by atoms with Crippen LogP contribution in [0.2, 0.25) is 0 Å². The lowest BCUT2D eigenvalue weighted by Gasteiger charge is -2.19. The van der Waals surface area contributed by atoms with Gasteiger partial charge in [0.1, 0.15) is 10.6 Å². The molecule has 0 fully saturated rings. The predicted molar refractivity (Wildman–Crippen MR) is 92.1 cm³/mol. The highest BCUT2D eigenvalue weighted by atomic mass is 32.2. The number of aryl methyl sites for hydroxylation is 1. The Hall–Kier alpha value is -2.36. The van der Waals surface area contributed by atoms with E-state index in [4.69, 9.17) is 10.00 Å². The third-order valence-corrected chi connectivity index (χ3v) is 5.15. The van der Waals surface area contributed by atoms with E-state index < -0.39 is 16.1 Å². The number of rotatable bonds is 7. The van der Waals surface area contributed by atoms with Crippen LogP contribution in [0.1, 0.15) is 30.0 Å². The van der Waals surface area contributed by atoms with Crippen LogP contribution in [0.25, 0.3) is 0 Å². The lowest BCUT2D eigenvalue weighted by Crippen LogP contribution is -2.29. The van der Waals surface area contributed by atoms with E-state index in [0.717, 1.165) is 11.1 Å². The molecule has 24 heavy (non-hydrogen) atoms. The van der Waals surface area contributed by atoms with E-state index in [-0.39, 0.29) is 11.3 Å². The van der Waals surface area contributed by atoms with Gasteiger partial charge in [-0.25, -0.2) is 13.1 Å². The van der Waals surface area contributed by atoms with Gasteiger partial charge < -0.3 is 4.74 Å². The van der Waals surface area contributed by atoms with Crippen molar-refractivity contribution in [1.82, 2.24) is 4.72 Å². The summed E-state index contributed by atoms with van der Waals surface area (Å²) in [7, 11) is -2.35. The first-order chi connectivity index (χ1) is 11.5. The van der Waals surface area contributed by atoms with Crippen LogP contribution < -0.4 is 9.46 Å². The van der Waals surface area contributed by atoms with Crippen molar-refractivity contribution in [3.05, 3.63) is 59.7 Å². The summed E-state index contributed by atoms with van der Waals surface area (Å²) in [5.74, 6) is 0.292. The zero-order valence-electron chi connectivity index (χ0n) is 13.7. The highest BCUT2D eigenvalue weighted by Gasteiger charge is 2.24. The minimum absolute atomic E-state index is 0.0999. The van der Waals surface area contributed by atoms with Crippen LogP contribution in [0.15, 0.2) is 53.4 Å². The molecule has 0 amide bonds. The van der Waals surface area contributed by atoms with E-state index in [0.29, 0.717) is 12.2 Å². The number of ether oxygens (including phenoxy) is 1. The normalized spacial score (nSPS) is 12.4. The molecule has 2 rings (SSSR count). The van der Waals surface area contributed by atoms with Gasteiger partial charge in [-0.05, 0) is 36.6 Å². The van der Waals surface area contributed by atoms with Gasteiger partial charge in [-0.15, -0.1) is 0 Å². The Labute approximate surface area is 142 Å². The number of sulfonamides is 1. The number of nitrogens with zero attached hydrogens (tertiary/aromatic N) is 1. The van der Waals surface area contributed by atoms with Crippen molar-refractivity contribution in [2.24, 2.45) is 0 Å². The van der Waals surface area contributed by atoms with Gasteiger partial charge in [-0.1, -0.05) is 36.4 Å². The summed E-state index contributed by atoms with van der Waals surface area (Å²) in [4.78, 5) is 0.0999. The molecular weight excluding hydrogens is 324 g/mol. The summed E-state index contributed by atoms with van der Waals surface area (Å²) in [5, 5.41) is 8.85. The van der Waals surface area contributed by atoms with E-state index >= 15 is 0 Å². The maximum atomic E-state index is 12.8. The number of hydrogen-bond acceptors (Lipinski definition) is 4. The molecule has 0 saturated carbocycles. The van der Waals surface area contributed by atoms with Gasteiger partial charge in [-0.3, -0.25) is 0 Å². The molecule has 0 heterocycles. The van der Waals surface area contributed by atoms with Crippen LogP contribution in [0.3, 0.4) is 0 Å². The minimum Gasteiger partial charge on any atom is -0.495 e. The van der Waals surface area contributed by atoms with Crippen LogP contribution in [0.5, 0.6) is 5.75 Å². The summed E-state index contributed by atoms with van der Waals surface area (Å²) >= 11 is 0. The molecule has 1 N–H and O–H groups in total. The third kappa shape index (κ3) is 4.34.